The van der Waals surface area contributed by atoms with E-state index in [1.54, 1.807) is 30.2 Å². The molecule has 0 radical (unpaired) electrons. The maximum absolute atomic E-state index is 13.1. The van der Waals surface area contributed by atoms with Crippen LogP contribution in [0.25, 0.3) is 11.0 Å². The van der Waals surface area contributed by atoms with Crippen LogP contribution < -0.4 is 10.1 Å². The number of para-hydroxylation sites is 1. The van der Waals surface area contributed by atoms with Crippen LogP contribution in [0.15, 0.2) is 46.9 Å². The Bertz CT molecular complexity index is 1070. The molecule has 4 rings (SSSR count). The number of methoxy groups -OCH3 is 1. The fourth-order valence-electron chi connectivity index (χ4n) is 3.38. The largest absolute Gasteiger partial charge is 0.496 e. The number of carbonyl (C=O) groups excluding carboxylic acids is 2. The van der Waals surface area contributed by atoms with Crippen molar-refractivity contribution in [1.29, 1.82) is 0 Å². The van der Waals surface area contributed by atoms with E-state index in [0.717, 1.165) is 5.56 Å². The standard InChI is InChI=1S/C22H22N2O5/c1-14-7-8-15(13-18(14)27-2)21(25)23-19-16-5-3-4-6-17(16)29-20(19)22(26)24-9-11-28-12-10-24/h3-8,13H,9-12H2,1-2H3,(H,23,25). The zero-order valence-corrected chi connectivity index (χ0v) is 16.4. The van der Waals surface area contributed by atoms with Crippen molar-refractivity contribution in [1.82, 2.24) is 4.90 Å². The van der Waals surface area contributed by atoms with Crippen LogP contribution >= 0.6 is 0 Å². The summed E-state index contributed by atoms with van der Waals surface area (Å²) in [6.45, 7) is 3.84. The van der Waals surface area contributed by atoms with Crippen molar-refractivity contribution in [2.75, 3.05) is 38.7 Å². The Labute approximate surface area is 168 Å². The van der Waals surface area contributed by atoms with Crippen LogP contribution in [-0.4, -0.2) is 50.1 Å². The molecule has 0 saturated carbocycles. The first-order valence-electron chi connectivity index (χ1n) is 9.43. The second-order valence-electron chi connectivity index (χ2n) is 6.85. The van der Waals surface area contributed by atoms with Gasteiger partial charge in [0.15, 0.2) is 0 Å². The molecular formula is C22H22N2O5. The lowest BCUT2D eigenvalue weighted by Crippen LogP contribution is -2.40. The van der Waals surface area contributed by atoms with Gasteiger partial charge < -0.3 is 24.1 Å². The van der Waals surface area contributed by atoms with Gasteiger partial charge in [-0.25, -0.2) is 0 Å². The first kappa shape index (κ1) is 19.0. The zero-order chi connectivity index (χ0) is 20.4. The second kappa shape index (κ2) is 7.97. The minimum atomic E-state index is -0.342. The lowest BCUT2D eigenvalue weighted by molar-refractivity contribution is 0.0285. The van der Waals surface area contributed by atoms with Gasteiger partial charge in [0.25, 0.3) is 11.8 Å². The van der Waals surface area contributed by atoms with E-state index in [-0.39, 0.29) is 17.6 Å². The average molecular weight is 394 g/mol. The van der Waals surface area contributed by atoms with Gasteiger partial charge in [0.1, 0.15) is 17.0 Å². The van der Waals surface area contributed by atoms with E-state index in [4.69, 9.17) is 13.9 Å². The van der Waals surface area contributed by atoms with E-state index in [9.17, 15) is 9.59 Å². The van der Waals surface area contributed by atoms with Crippen molar-refractivity contribution in [3.8, 4) is 5.75 Å². The van der Waals surface area contributed by atoms with E-state index in [0.29, 0.717) is 54.3 Å². The molecule has 3 aromatic rings. The summed E-state index contributed by atoms with van der Waals surface area (Å²) in [6, 6.07) is 12.5. The Balaban J connectivity index is 1.70. The summed E-state index contributed by atoms with van der Waals surface area (Å²) in [4.78, 5) is 27.7. The number of hydrogen-bond donors (Lipinski definition) is 1. The molecule has 0 bridgehead atoms. The van der Waals surface area contributed by atoms with Crippen molar-refractivity contribution >= 4 is 28.5 Å². The molecule has 1 aromatic heterocycles. The lowest BCUT2D eigenvalue weighted by Gasteiger charge is -2.26. The molecule has 1 N–H and O–H groups in total. The van der Waals surface area contributed by atoms with Crippen LogP contribution in [0.5, 0.6) is 5.75 Å². The maximum Gasteiger partial charge on any atom is 0.291 e. The van der Waals surface area contributed by atoms with Crippen molar-refractivity contribution in [3.05, 3.63) is 59.4 Å². The third-order valence-electron chi connectivity index (χ3n) is 5.00. The summed E-state index contributed by atoms with van der Waals surface area (Å²) >= 11 is 0. The Kier molecular flexibility index (Phi) is 5.22. The van der Waals surface area contributed by atoms with Crippen LogP contribution in [0.3, 0.4) is 0 Å². The number of amides is 2. The van der Waals surface area contributed by atoms with Crippen molar-refractivity contribution in [3.63, 3.8) is 0 Å². The van der Waals surface area contributed by atoms with Gasteiger partial charge in [-0.1, -0.05) is 18.2 Å². The average Bonchev–Trinajstić information content (AvgIpc) is 3.12. The quantitative estimate of drug-likeness (QED) is 0.733. The molecular weight excluding hydrogens is 372 g/mol. The molecule has 1 saturated heterocycles. The Morgan fingerprint density at radius 1 is 1.10 bits per heavy atom. The van der Waals surface area contributed by atoms with Gasteiger partial charge in [0, 0.05) is 24.0 Å². The molecule has 2 aromatic carbocycles. The van der Waals surface area contributed by atoms with Crippen LogP contribution in [0.2, 0.25) is 0 Å². The van der Waals surface area contributed by atoms with Crippen LogP contribution in [0, 0.1) is 6.92 Å². The van der Waals surface area contributed by atoms with Crippen molar-refractivity contribution < 1.29 is 23.5 Å². The summed E-state index contributed by atoms with van der Waals surface area (Å²) in [6.07, 6.45) is 0. The van der Waals surface area contributed by atoms with Crippen LogP contribution in [-0.2, 0) is 4.74 Å². The number of carbonyl (C=O) groups is 2. The Hall–Kier alpha value is -3.32. The summed E-state index contributed by atoms with van der Waals surface area (Å²) in [5, 5.41) is 3.55. The number of ether oxygens (including phenoxy) is 2. The third kappa shape index (κ3) is 3.69. The van der Waals surface area contributed by atoms with Gasteiger partial charge >= 0.3 is 0 Å². The number of rotatable bonds is 4. The first-order chi connectivity index (χ1) is 14.1. The minimum Gasteiger partial charge on any atom is -0.496 e. The van der Waals surface area contributed by atoms with Gasteiger partial charge in [-0.3, -0.25) is 9.59 Å². The highest BCUT2D eigenvalue weighted by atomic mass is 16.5. The molecule has 1 aliphatic rings. The van der Waals surface area contributed by atoms with Gasteiger partial charge in [-0.05, 0) is 36.8 Å². The fraction of sp³-hybridized carbons (Fsp3) is 0.273. The fourth-order valence-corrected chi connectivity index (χ4v) is 3.38. The van der Waals surface area contributed by atoms with Crippen molar-refractivity contribution in [2.24, 2.45) is 0 Å². The molecule has 150 valence electrons. The van der Waals surface area contributed by atoms with E-state index in [1.165, 1.54) is 0 Å². The van der Waals surface area contributed by atoms with E-state index >= 15 is 0 Å². The maximum atomic E-state index is 13.1. The summed E-state index contributed by atoms with van der Waals surface area (Å²) in [7, 11) is 1.56. The van der Waals surface area contributed by atoms with E-state index in [2.05, 4.69) is 5.32 Å². The molecule has 0 aliphatic carbocycles. The highest BCUT2D eigenvalue weighted by Crippen LogP contribution is 2.32. The normalized spacial score (nSPS) is 14.1. The number of aryl methyl sites for hydroxylation is 1. The van der Waals surface area contributed by atoms with Gasteiger partial charge in [0.05, 0.1) is 20.3 Å². The summed E-state index contributed by atoms with van der Waals surface area (Å²) in [5.41, 5.74) is 2.28. The molecule has 0 unspecified atom stereocenters. The van der Waals surface area contributed by atoms with E-state index in [1.807, 2.05) is 31.2 Å². The highest BCUT2D eigenvalue weighted by Gasteiger charge is 2.27. The molecule has 2 heterocycles. The topological polar surface area (TPSA) is 81.0 Å². The van der Waals surface area contributed by atoms with Gasteiger partial charge in [-0.15, -0.1) is 0 Å². The zero-order valence-electron chi connectivity index (χ0n) is 16.4. The molecule has 7 heteroatoms. The number of morpholine rings is 1. The number of nitrogens with zero attached hydrogens (tertiary/aromatic N) is 1. The number of furan rings is 1. The van der Waals surface area contributed by atoms with Crippen LogP contribution in [0.4, 0.5) is 5.69 Å². The monoisotopic (exact) mass is 394 g/mol. The predicted molar refractivity (Wildman–Crippen MR) is 109 cm³/mol. The van der Waals surface area contributed by atoms with Crippen molar-refractivity contribution in [2.45, 2.75) is 6.92 Å². The molecule has 1 fully saturated rings. The number of anilines is 1. The van der Waals surface area contributed by atoms with Gasteiger partial charge in [0.2, 0.25) is 5.76 Å². The molecule has 2 amide bonds. The van der Waals surface area contributed by atoms with Crippen LogP contribution in [0.1, 0.15) is 26.5 Å². The Morgan fingerprint density at radius 3 is 2.62 bits per heavy atom. The third-order valence-corrected chi connectivity index (χ3v) is 5.00. The summed E-state index contributed by atoms with van der Waals surface area (Å²) < 4.78 is 16.5. The smallest absolute Gasteiger partial charge is 0.291 e. The molecule has 0 spiro atoms. The molecule has 0 atom stereocenters. The Morgan fingerprint density at radius 2 is 1.86 bits per heavy atom. The SMILES string of the molecule is COc1cc(C(=O)Nc2c(C(=O)N3CCOCC3)oc3ccccc23)ccc1C. The lowest BCUT2D eigenvalue weighted by atomic mass is 10.1. The van der Waals surface area contributed by atoms with Gasteiger partial charge in [-0.2, -0.15) is 0 Å². The highest BCUT2D eigenvalue weighted by molar-refractivity contribution is 6.14. The van der Waals surface area contributed by atoms with E-state index < -0.39 is 0 Å². The number of benzene rings is 2. The summed E-state index contributed by atoms with van der Waals surface area (Å²) in [5.74, 6) is 0.145. The first-order valence-corrected chi connectivity index (χ1v) is 9.43. The molecule has 7 nitrogen and oxygen atoms in total. The minimum absolute atomic E-state index is 0.125. The number of nitrogens with one attached hydrogen (secondary N) is 1. The number of fused-ring (bicyclic) bond motifs is 1. The predicted octanol–water partition coefficient (Wildman–Crippen LogP) is 3.47. The molecule has 29 heavy (non-hydrogen) atoms. The molecule has 1 aliphatic heterocycles. The number of hydrogen-bond acceptors (Lipinski definition) is 5. The second-order valence-corrected chi connectivity index (χ2v) is 6.85.